The molecule has 0 amide bonds. The molecule has 0 radical (unpaired) electrons. The molecule has 5 rings (SSSR count). The molecule has 0 unspecified atom stereocenters. The Bertz CT molecular complexity index is 1400. The maximum absolute atomic E-state index is 14.7. The molecule has 0 aliphatic heterocycles. The van der Waals surface area contributed by atoms with Crippen molar-refractivity contribution in [2.45, 2.75) is 6.92 Å². The molecule has 0 aliphatic rings. The minimum absolute atomic E-state index is 0.0236. The van der Waals surface area contributed by atoms with Crippen molar-refractivity contribution in [3.63, 3.8) is 0 Å². The standard InChI is InChI=1S/C18H11F2N5O/c1-7-13-15-14(9(19)5-12(26)16(15)20)17(23-18(13)25-24-7)8-2-3-10-11(4-8)22-6-21-10/h2-6H,1H3,(H,21,22)(H2,23,24,25). The summed E-state index contributed by atoms with van der Waals surface area (Å²) in [6.45, 7) is 1.70. The Labute approximate surface area is 143 Å². The zero-order valence-electron chi connectivity index (χ0n) is 13.4. The Balaban J connectivity index is 2.01. The average Bonchev–Trinajstić information content (AvgIpc) is 3.24. The van der Waals surface area contributed by atoms with Gasteiger partial charge in [-0.1, -0.05) is 6.07 Å². The van der Waals surface area contributed by atoms with Crippen LogP contribution in [0.1, 0.15) is 5.69 Å². The molecule has 5 aromatic rings. The van der Waals surface area contributed by atoms with E-state index in [-0.39, 0.29) is 16.5 Å². The average molecular weight is 351 g/mol. The Morgan fingerprint density at radius 2 is 1.88 bits per heavy atom. The third kappa shape index (κ3) is 1.86. The van der Waals surface area contributed by atoms with Gasteiger partial charge in [0, 0.05) is 28.1 Å². The number of hydrogen-bond acceptors (Lipinski definition) is 3. The molecule has 0 saturated carbocycles. The van der Waals surface area contributed by atoms with Crippen molar-refractivity contribution < 1.29 is 8.78 Å². The van der Waals surface area contributed by atoms with Crippen LogP contribution in [0.15, 0.2) is 35.4 Å². The van der Waals surface area contributed by atoms with Crippen molar-refractivity contribution in [3.05, 3.63) is 58.1 Å². The Morgan fingerprint density at radius 3 is 2.73 bits per heavy atom. The molecule has 6 nitrogen and oxygen atoms in total. The summed E-state index contributed by atoms with van der Waals surface area (Å²) >= 11 is 0. The summed E-state index contributed by atoms with van der Waals surface area (Å²) in [6.07, 6.45) is 1.55. The van der Waals surface area contributed by atoms with Crippen LogP contribution in [-0.4, -0.2) is 25.1 Å². The van der Waals surface area contributed by atoms with Crippen molar-refractivity contribution in [3.8, 4) is 11.3 Å². The second-order valence-corrected chi connectivity index (χ2v) is 6.11. The Hall–Kier alpha value is -3.55. The molecular weight excluding hydrogens is 340 g/mol. The molecule has 26 heavy (non-hydrogen) atoms. The van der Waals surface area contributed by atoms with Crippen LogP contribution in [0, 0.1) is 18.6 Å². The van der Waals surface area contributed by atoms with Crippen LogP contribution in [-0.2, 0) is 0 Å². The summed E-state index contributed by atoms with van der Waals surface area (Å²) in [5, 5.41) is 5.95. The molecule has 8 heteroatoms. The maximum Gasteiger partial charge on any atom is 0.217 e. The first-order valence-corrected chi connectivity index (χ1v) is 7.87. The molecular formula is C18H11F2N5O. The van der Waals surface area contributed by atoms with Crippen molar-refractivity contribution in [2.75, 3.05) is 0 Å². The predicted octanol–water partition coefficient (Wildman–Crippen LogP) is 3.53. The molecule has 2 aromatic carbocycles. The Kier molecular flexibility index (Phi) is 2.83. The van der Waals surface area contributed by atoms with E-state index in [0.29, 0.717) is 28.4 Å². The summed E-state index contributed by atoms with van der Waals surface area (Å²) in [7, 11) is 0. The molecule has 3 aromatic heterocycles. The maximum atomic E-state index is 14.7. The summed E-state index contributed by atoms with van der Waals surface area (Å²) in [4.78, 5) is 23.5. The highest BCUT2D eigenvalue weighted by atomic mass is 19.1. The van der Waals surface area contributed by atoms with E-state index in [4.69, 9.17) is 0 Å². The van der Waals surface area contributed by atoms with Gasteiger partial charge in [-0.3, -0.25) is 9.89 Å². The van der Waals surface area contributed by atoms with Gasteiger partial charge in [0.05, 0.1) is 28.4 Å². The number of aromatic amines is 3. The van der Waals surface area contributed by atoms with Gasteiger partial charge in [0.2, 0.25) is 5.43 Å². The normalized spacial score (nSPS) is 11.8. The fourth-order valence-corrected chi connectivity index (χ4v) is 3.37. The number of imidazole rings is 1. The molecule has 0 fully saturated rings. The fourth-order valence-electron chi connectivity index (χ4n) is 3.37. The molecule has 128 valence electrons. The van der Waals surface area contributed by atoms with Gasteiger partial charge in [0.25, 0.3) is 0 Å². The van der Waals surface area contributed by atoms with Crippen LogP contribution in [0.25, 0.3) is 44.1 Å². The number of hydrogen-bond donors (Lipinski definition) is 3. The molecule has 0 aliphatic carbocycles. The summed E-state index contributed by atoms with van der Waals surface area (Å²) in [5.74, 6) is -1.80. The van der Waals surface area contributed by atoms with Crippen LogP contribution < -0.4 is 5.43 Å². The molecule has 0 saturated heterocycles. The lowest BCUT2D eigenvalue weighted by Gasteiger charge is -2.09. The first-order chi connectivity index (χ1) is 12.5. The van der Waals surface area contributed by atoms with E-state index in [1.807, 2.05) is 0 Å². The zero-order valence-corrected chi connectivity index (χ0v) is 13.4. The molecule has 0 bridgehead atoms. The second-order valence-electron chi connectivity index (χ2n) is 6.11. The third-order valence-electron chi connectivity index (χ3n) is 4.57. The van der Waals surface area contributed by atoms with E-state index < -0.39 is 17.1 Å². The first-order valence-electron chi connectivity index (χ1n) is 7.87. The monoisotopic (exact) mass is 351 g/mol. The van der Waals surface area contributed by atoms with E-state index >= 15 is 0 Å². The van der Waals surface area contributed by atoms with E-state index in [1.165, 1.54) is 0 Å². The number of pyridine rings is 1. The first kappa shape index (κ1) is 14.8. The number of nitrogens with zero attached hydrogens (tertiary/aromatic N) is 2. The number of fused-ring (bicyclic) bond motifs is 4. The van der Waals surface area contributed by atoms with Gasteiger partial charge in [0.15, 0.2) is 11.5 Å². The lowest BCUT2D eigenvalue weighted by Crippen LogP contribution is -2.08. The second kappa shape index (κ2) is 4.98. The zero-order chi connectivity index (χ0) is 18.0. The van der Waals surface area contributed by atoms with Crippen molar-refractivity contribution in [2.24, 2.45) is 0 Å². The quantitative estimate of drug-likeness (QED) is 0.431. The minimum Gasteiger partial charge on any atom is -0.345 e. The summed E-state index contributed by atoms with van der Waals surface area (Å²) in [6, 6.07) is 5.92. The number of nitrogens with one attached hydrogen (secondary N) is 3. The number of halogens is 2. The van der Waals surface area contributed by atoms with Crippen LogP contribution in [0.3, 0.4) is 0 Å². The van der Waals surface area contributed by atoms with Gasteiger partial charge >= 0.3 is 0 Å². The van der Waals surface area contributed by atoms with Crippen LogP contribution in [0.4, 0.5) is 8.78 Å². The van der Waals surface area contributed by atoms with E-state index in [2.05, 4.69) is 25.1 Å². The highest BCUT2D eigenvalue weighted by Crippen LogP contribution is 2.35. The molecule has 0 atom stereocenters. The fraction of sp³-hybridized carbons (Fsp3) is 0.0556. The number of aromatic nitrogens is 5. The van der Waals surface area contributed by atoms with Crippen molar-refractivity contribution >= 4 is 32.8 Å². The largest absolute Gasteiger partial charge is 0.345 e. The summed E-state index contributed by atoms with van der Waals surface area (Å²) < 4.78 is 29.5. The number of benzene rings is 2. The number of H-pyrrole nitrogens is 3. The molecule has 3 heterocycles. The van der Waals surface area contributed by atoms with Gasteiger partial charge in [-0.25, -0.2) is 18.7 Å². The highest BCUT2D eigenvalue weighted by molar-refractivity contribution is 6.11. The SMILES string of the molecule is Cc1[nH][nH]c2nc(-c3ccc4nc[nH]c4c3)c3c(F)cc(=O)c(F)c3c12. The van der Waals surface area contributed by atoms with Gasteiger partial charge in [0.1, 0.15) is 5.82 Å². The van der Waals surface area contributed by atoms with Gasteiger partial charge in [-0.2, -0.15) is 0 Å². The van der Waals surface area contributed by atoms with Crippen molar-refractivity contribution in [1.29, 1.82) is 0 Å². The Morgan fingerprint density at radius 1 is 1.04 bits per heavy atom. The smallest absolute Gasteiger partial charge is 0.217 e. The van der Waals surface area contributed by atoms with Gasteiger partial charge in [-0.05, 0) is 19.1 Å². The van der Waals surface area contributed by atoms with Crippen LogP contribution >= 0.6 is 0 Å². The van der Waals surface area contributed by atoms with E-state index in [0.717, 1.165) is 11.0 Å². The van der Waals surface area contributed by atoms with E-state index in [9.17, 15) is 13.6 Å². The summed E-state index contributed by atoms with van der Waals surface area (Å²) in [5.41, 5.74) is 2.24. The number of rotatable bonds is 1. The van der Waals surface area contributed by atoms with Gasteiger partial charge in [-0.15, -0.1) is 0 Å². The van der Waals surface area contributed by atoms with Gasteiger partial charge < -0.3 is 10.1 Å². The van der Waals surface area contributed by atoms with E-state index in [1.54, 1.807) is 31.5 Å². The van der Waals surface area contributed by atoms with Crippen LogP contribution in [0.5, 0.6) is 0 Å². The minimum atomic E-state index is -0.992. The number of aryl methyl sites for hydroxylation is 1. The van der Waals surface area contributed by atoms with Crippen molar-refractivity contribution in [1.82, 2.24) is 25.1 Å². The molecule has 3 N–H and O–H groups in total. The highest BCUT2D eigenvalue weighted by Gasteiger charge is 2.22. The predicted molar refractivity (Wildman–Crippen MR) is 94.0 cm³/mol. The molecule has 0 spiro atoms. The topological polar surface area (TPSA) is 90.2 Å². The van der Waals surface area contributed by atoms with Crippen LogP contribution in [0.2, 0.25) is 0 Å². The third-order valence-corrected chi connectivity index (χ3v) is 4.57. The lowest BCUT2D eigenvalue weighted by atomic mass is 9.99. The lowest BCUT2D eigenvalue weighted by molar-refractivity contribution is 0.609.